The molecule has 6 heteroatoms. The first-order chi connectivity index (χ1) is 9.11. The number of anilines is 1. The van der Waals surface area contributed by atoms with E-state index in [1.807, 2.05) is 4.68 Å². The van der Waals surface area contributed by atoms with Crippen LogP contribution in [0.4, 0.5) is 5.82 Å². The van der Waals surface area contributed by atoms with E-state index in [4.69, 9.17) is 0 Å². The minimum Gasteiger partial charge on any atom is -0.307 e. The van der Waals surface area contributed by atoms with Gasteiger partial charge in [-0.25, -0.2) is 4.68 Å². The summed E-state index contributed by atoms with van der Waals surface area (Å²) in [5.74, 6) is 0.498. The molecule has 2 heterocycles. The molecule has 2 rings (SSSR count). The molecule has 1 atom stereocenters. The second-order valence-electron chi connectivity index (χ2n) is 4.26. The van der Waals surface area contributed by atoms with Gasteiger partial charge in [0.25, 0.3) is 5.91 Å². The van der Waals surface area contributed by atoms with Gasteiger partial charge in [-0.2, -0.15) is 5.10 Å². The van der Waals surface area contributed by atoms with Crippen LogP contribution in [0.2, 0.25) is 0 Å². The number of hydrogen-bond donors (Lipinski definition) is 1. The zero-order valence-corrected chi connectivity index (χ0v) is 12.4. The molecule has 100 valence electrons. The zero-order valence-electron chi connectivity index (χ0n) is 10.8. The maximum atomic E-state index is 12.1. The lowest BCUT2D eigenvalue weighted by molar-refractivity contribution is 0.102. The number of nitrogens with zero attached hydrogens (tertiary/aromatic N) is 3. The standard InChI is InChI=1S/C13H15BrN4O/c1-3-9(2)18-12(4-5-16-18)17-13(19)10-6-11(14)8-15-7-10/h4-9H,3H2,1-2H3,(H,17,19). The van der Waals surface area contributed by atoms with Crippen LogP contribution in [0.3, 0.4) is 0 Å². The van der Waals surface area contributed by atoms with Crippen LogP contribution >= 0.6 is 15.9 Å². The van der Waals surface area contributed by atoms with E-state index in [1.54, 1.807) is 24.5 Å². The molecule has 0 aliphatic rings. The average Bonchev–Trinajstić information content (AvgIpc) is 2.86. The van der Waals surface area contributed by atoms with E-state index in [-0.39, 0.29) is 11.9 Å². The van der Waals surface area contributed by atoms with Gasteiger partial charge in [-0.1, -0.05) is 6.92 Å². The number of rotatable bonds is 4. The quantitative estimate of drug-likeness (QED) is 0.939. The van der Waals surface area contributed by atoms with E-state index >= 15 is 0 Å². The summed E-state index contributed by atoms with van der Waals surface area (Å²) in [6.07, 6.45) is 5.80. The number of amides is 1. The first-order valence-electron chi connectivity index (χ1n) is 6.07. The van der Waals surface area contributed by atoms with Gasteiger partial charge >= 0.3 is 0 Å². The molecule has 1 N–H and O–H groups in total. The highest BCUT2D eigenvalue weighted by molar-refractivity contribution is 9.10. The highest BCUT2D eigenvalue weighted by Gasteiger charge is 2.12. The highest BCUT2D eigenvalue weighted by Crippen LogP contribution is 2.17. The van der Waals surface area contributed by atoms with Gasteiger partial charge < -0.3 is 5.32 Å². The minimum absolute atomic E-state index is 0.196. The fraction of sp³-hybridized carbons (Fsp3) is 0.308. The summed E-state index contributed by atoms with van der Waals surface area (Å²) >= 11 is 3.30. The number of hydrogen-bond acceptors (Lipinski definition) is 3. The van der Waals surface area contributed by atoms with Gasteiger partial charge in [0.2, 0.25) is 0 Å². The van der Waals surface area contributed by atoms with Crippen LogP contribution in [0, 0.1) is 0 Å². The van der Waals surface area contributed by atoms with E-state index < -0.39 is 0 Å². The van der Waals surface area contributed by atoms with E-state index in [1.165, 1.54) is 6.20 Å². The predicted molar refractivity (Wildman–Crippen MR) is 77.1 cm³/mol. The topological polar surface area (TPSA) is 59.8 Å². The third kappa shape index (κ3) is 3.20. The summed E-state index contributed by atoms with van der Waals surface area (Å²) in [6, 6.07) is 3.76. The molecule has 19 heavy (non-hydrogen) atoms. The van der Waals surface area contributed by atoms with E-state index in [0.29, 0.717) is 11.4 Å². The molecule has 0 radical (unpaired) electrons. The molecule has 0 fully saturated rings. The van der Waals surface area contributed by atoms with Crippen LogP contribution in [0.5, 0.6) is 0 Å². The van der Waals surface area contributed by atoms with Crippen LogP contribution in [-0.2, 0) is 0 Å². The summed E-state index contributed by atoms with van der Waals surface area (Å²) in [5, 5.41) is 7.08. The second-order valence-corrected chi connectivity index (χ2v) is 5.18. The van der Waals surface area contributed by atoms with Crippen molar-refractivity contribution in [2.45, 2.75) is 26.3 Å². The van der Waals surface area contributed by atoms with Gasteiger partial charge in [0.1, 0.15) is 5.82 Å². The van der Waals surface area contributed by atoms with Crippen LogP contribution < -0.4 is 5.32 Å². The Morgan fingerprint density at radius 3 is 3.00 bits per heavy atom. The molecule has 2 aromatic rings. The van der Waals surface area contributed by atoms with E-state index in [2.05, 4.69) is 45.2 Å². The third-order valence-electron chi connectivity index (χ3n) is 2.89. The molecule has 0 spiro atoms. The van der Waals surface area contributed by atoms with Crippen molar-refractivity contribution >= 4 is 27.7 Å². The monoisotopic (exact) mass is 322 g/mol. The summed E-state index contributed by atoms with van der Waals surface area (Å²) in [6.45, 7) is 4.14. The zero-order chi connectivity index (χ0) is 13.8. The molecule has 0 aliphatic heterocycles. The molecule has 2 aromatic heterocycles. The predicted octanol–water partition coefficient (Wildman–Crippen LogP) is 3.26. The number of nitrogens with one attached hydrogen (secondary N) is 1. The van der Waals surface area contributed by atoms with Crippen molar-refractivity contribution in [2.75, 3.05) is 5.32 Å². The average molecular weight is 323 g/mol. The van der Waals surface area contributed by atoms with Crippen molar-refractivity contribution in [3.63, 3.8) is 0 Å². The van der Waals surface area contributed by atoms with Gasteiger partial charge in [-0.15, -0.1) is 0 Å². The largest absolute Gasteiger partial charge is 0.307 e. The number of pyridine rings is 1. The van der Waals surface area contributed by atoms with Crippen molar-refractivity contribution in [3.8, 4) is 0 Å². The second kappa shape index (κ2) is 5.97. The maximum Gasteiger partial charge on any atom is 0.258 e. The number of carbonyl (C=O) groups is 1. The van der Waals surface area contributed by atoms with Crippen molar-refractivity contribution < 1.29 is 4.79 Å². The van der Waals surface area contributed by atoms with Gasteiger partial charge in [0.15, 0.2) is 0 Å². The smallest absolute Gasteiger partial charge is 0.258 e. The minimum atomic E-state index is -0.196. The Labute approximate surface area is 120 Å². The van der Waals surface area contributed by atoms with Gasteiger partial charge in [0, 0.05) is 22.9 Å². The highest BCUT2D eigenvalue weighted by atomic mass is 79.9. The Kier molecular flexibility index (Phi) is 4.31. The fourth-order valence-electron chi connectivity index (χ4n) is 1.66. The molecule has 0 bridgehead atoms. The molecule has 0 saturated carbocycles. The number of aromatic nitrogens is 3. The summed E-state index contributed by atoms with van der Waals surface area (Å²) in [7, 11) is 0. The fourth-order valence-corrected chi connectivity index (χ4v) is 2.03. The van der Waals surface area contributed by atoms with Crippen LogP contribution in [0.25, 0.3) is 0 Å². The molecule has 1 amide bonds. The Balaban J connectivity index is 2.18. The lowest BCUT2D eigenvalue weighted by Gasteiger charge is -2.14. The third-order valence-corrected chi connectivity index (χ3v) is 3.32. The van der Waals surface area contributed by atoms with Crippen LogP contribution in [0.1, 0.15) is 36.7 Å². The van der Waals surface area contributed by atoms with Crippen molar-refractivity contribution in [3.05, 3.63) is 40.8 Å². The lowest BCUT2D eigenvalue weighted by Crippen LogP contribution is -2.17. The first kappa shape index (κ1) is 13.7. The maximum absolute atomic E-state index is 12.1. The van der Waals surface area contributed by atoms with Crippen LogP contribution in [-0.4, -0.2) is 20.7 Å². The molecule has 0 saturated heterocycles. The van der Waals surface area contributed by atoms with Gasteiger partial charge in [-0.05, 0) is 35.3 Å². The summed E-state index contributed by atoms with van der Waals surface area (Å²) in [4.78, 5) is 16.1. The first-order valence-corrected chi connectivity index (χ1v) is 6.86. The van der Waals surface area contributed by atoms with Crippen molar-refractivity contribution in [1.29, 1.82) is 0 Å². The Bertz CT molecular complexity index is 582. The Hall–Kier alpha value is -1.69. The molecular weight excluding hydrogens is 308 g/mol. The van der Waals surface area contributed by atoms with Crippen LogP contribution in [0.15, 0.2) is 35.2 Å². The molecule has 5 nitrogen and oxygen atoms in total. The van der Waals surface area contributed by atoms with Gasteiger partial charge in [-0.3, -0.25) is 9.78 Å². The van der Waals surface area contributed by atoms with Gasteiger partial charge in [0.05, 0.1) is 17.8 Å². The van der Waals surface area contributed by atoms with E-state index in [0.717, 1.165) is 10.9 Å². The van der Waals surface area contributed by atoms with E-state index in [9.17, 15) is 4.79 Å². The number of carbonyl (C=O) groups excluding carboxylic acids is 1. The molecular formula is C13H15BrN4O. The number of halogens is 1. The van der Waals surface area contributed by atoms with Crippen molar-refractivity contribution in [2.24, 2.45) is 0 Å². The summed E-state index contributed by atoms with van der Waals surface area (Å²) in [5.41, 5.74) is 0.506. The summed E-state index contributed by atoms with van der Waals surface area (Å²) < 4.78 is 2.58. The lowest BCUT2D eigenvalue weighted by atomic mass is 10.2. The molecule has 0 aromatic carbocycles. The van der Waals surface area contributed by atoms with Crippen molar-refractivity contribution in [1.82, 2.24) is 14.8 Å². The Morgan fingerprint density at radius 1 is 1.53 bits per heavy atom. The normalized spacial score (nSPS) is 12.2. The SMILES string of the molecule is CCC(C)n1nccc1NC(=O)c1cncc(Br)c1. The molecule has 0 aliphatic carbocycles. The molecule has 1 unspecified atom stereocenters. The Morgan fingerprint density at radius 2 is 2.32 bits per heavy atom.